The molecular weight excluding hydrogens is 797 g/mol. The fourth-order valence-corrected chi connectivity index (χ4v) is 11.5. The lowest BCUT2D eigenvalue weighted by Crippen LogP contribution is -1.95. The highest BCUT2D eigenvalue weighted by Gasteiger charge is 2.23. The molecule has 0 aliphatic heterocycles. The molecule has 0 N–H and O–H groups in total. The van der Waals surface area contributed by atoms with Crippen LogP contribution in [-0.4, -0.2) is 9.13 Å². The van der Waals surface area contributed by atoms with Crippen LogP contribution in [0.4, 0.5) is 0 Å². The standard InChI is InChI=1S/C64H38N2/c1-2-15-49(16-3-1)65-60-29-25-46(36-57(60)58-34-40-12-4-5-13-41(40)38-62(58)65)45-26-30-61-56(35-45)55-28-24-39-11-6-7-17-51(39)64(55)66(61)50-27-23-42-31-43(21-22-44(42)33-50)48-32-47-14-10-20-54-52-18-8-9-19-53(52)59(37-48)63(47)54/h1-38H. The average Bonchev–Trinajstić information content (AvgIpc) is 4.01. The highest BCUT2D eigenvalue weighted by atomic mass is 15.0. The summed E-state index contributed by atoms with van der Waals surface area (Å²) in [4.78, 5) is 0. The van der Waals surface area contributed by atoms with Gasteiger partial charge in [0.1, 0.15) is 0 Å². The molecule has 66 heavy (non-hydrogen) atoms. The van der Waals surface area contributed by atoms with Crippen LogP contribution >= 0.6 is 0 Å². The molecule has 2 aromatic heterocycles. The molecule has 0 unspecified atom stereocenters. The van der Waals surface area contributed by atoms with E-state index in [0.717, 1.165) is 5.69 Å². The van der Waals surface area contributed by atoms with Gasteiger partial charge in [-0.05, 0) is 161 Å². The van der Waals surface area contributed by atoms with E-state index in [9.17, 15) is 0 Å². The predicted octanol–water partition coefficient (Wildman–Crippen LogP) is 17.5. The lowest BCUT2D eigenvalue weighted by atomic mass is 9.95. The Labute approximate surface area is 380 Å². The summed E-state index contributed by atoms with van der Waals surface area (Å²) < 4.78 is 4.91. The minimum Gasteiger partial charge on any atom is -0.309 e. The molecule has 1 aliphatic carbocycles. The van der Waals surface area contributed by atoms with Crippen LogP contribution in [0.3, 0.4) is 0 Å². The van der Waals surface area contributed by atoms with Crippen molar-refractivity contribution in [3.63, 3.8) is 0 Å². The molecule has 1 aliphatic rings. The second-order valence-electron chi connectivity index (χ2n) is 18.1. The van der Waals surface area contributed by atoms with E-state index in [1.807, 2.05) is 0 Å². The number of aromatic nitrogens is 2. The van der Waals surface area contributed by atoms with E-state index in [2.05, 4.69) is 240 Å². The van der Waals surface area contributed by atoms with E-state index < -0.39 is 0 Å². The minimum absolute atomic E-state index is 1.16. The molecule has 0 radical (unpaired) electrons. The second-order valence-corrected chi connectivity index (χ2v) is 18.1. The Morgan fingerprint density at radius 1 is 0.227 bits per heavy atom. The van der Waals surface area contributed by atoms with Gasteiger partial charge in [0, 0.05) is 38.3 Å². The molecule has 0 saturated heterocycles. The SMILES string of the molecule is c1ccc(-n2c3ccc(-c4ccc5c(c4)c4ccc6ccccc6c4n5-c4ccc5cc(-c6cc7c8c(cccc8c6)-c6ccccc6-7)ccc5c4)cc3c3cc4ccccc4cc32)cc1. The molecule has 0 fully saturated rings. The molecule has 15 rings (SSSR count). The Balaban J connectivity index is 0.886. The number of hydrogen-bond donors (Lipinski definition) is 0. The fraction of sp³-hybridized carbons (Fsp3) is 0. The molecule has 2 heterocycles. The van der Waals surface area contributed by atoms with E-state index in [0.29, 0.717) is 0 Å². The smallest absolute Gasteiger partial charge is 0.0619 e. The van der Waals surface area contributed by atoms with Gasteiger partial charge in [0.2, 0.25) is 0 Å². The first-order chi connectivity index (χ1) is 32.7. The van der Waals surface area contributed by atoms with Gasteiger partial charge < -0.3 is 9.13 Å². The third kappa shape index (κ3) is 5.07. The summed E-state index contributed by atoms with van der Waals surface area (Å²) in [6.45, 7) is 0. The molecule has 0 amide bonds. The van der Waals surface area contributed by atoms with Gasteiger partial charge in [-0.2, -0.15) is 0 Å². The van der Waals surface area contributed by atoms with E-state index in [1.165, 1.54) is 137 Å². The lowest BCUT2D eigenvalue weighted by molar-refractivity contribution is 1.18. The highest BCUT2D eigenvalue weighted by Crippen LogP contribution is 2.49. The number of fused-ring (bicyclic) bond motifs is 13. The van der Waals surface area contributed by atoms with Crippen molar-refractivity contribution >= 4 is 86.7 Å². The molecule has 12 aromatic carbocycles. The van der Waals surface area contributed by atoms with Gasteiger partial charge in [-0.3, -0.25) is 0 Å². The van der Waals surface area contributed by atoms with Gasteiger partial charge in [0.05, 0.1) is 22.1 Å². The van der Waals surface area contributed by atoms with Crippen molar-refractivity contribution in [2.75, 3.05) is 0 Å². The third-order valence-electron chi connectivity index (χ3n) is 14.5. The zero-order chi connectivity index (χ0) is 43.0. The quantitative estimate of drug-likeness (QED) is 0.167. The maximum absolute atomic E-state index is 2.49. The van der Waals surface area contributed by atoms with Crippen molar-refractivity contribution < 1.29 is 0 Å². The summed E-state index contributed by atoms with van der Waals surface area (Å²) in [6.07, 6.45) is 0. The summed E-state index contributed by atoms with van der Waals surface area (Å²) in [7, 11) is 0. The molecule has 2 heteroatoms. The summed E-state index contributed by atoms with van der Waals surface area (Å²) in [5.41, 5.74) is 17.4. The van der Waals surface area contributed by atoms with Crippen molar-refractivity contribution in [1.82, 2.24) is 9.13 Å². The number of nitrogens with zero attached hydrogens (tertiary/aromatic N) is 2. The van der Waals surface area contributed by atoms with Crippen LogP contribution < -0.4 is 0 Å². The zero-order valence-electron chi connectivity index (χ0n) is 35.8. The number of benzene rings is 12. The van der Waals surface area contributed by atoms with Gasteiger partial charge in [0.25, 0.3) is 0 Å². The van der Waals surface area contributed by atoms with Gasteiger partial charge >= 0.3 is 0 Å². The van der Waals surface area contributed by atoms with Gasteiger partial charge in [-0.25, -0.2) is 0 Å². The molecule has 0 atom stereocenters. The van der Waals surface area contributed by atoms with Crippen molar-refractivity contribution in [2.24, 2.45) is 0 Å². The Morgan fingerprint density at radius 3 is 1.62 bits per heavy atom. The van der Waals surface area contributed by atoms with Crippen molar-refractivity contribution in [3.8, 4) is 55.9 Å². The van der Waals surface area contributed by atoms with Crippen LogP contribution in [0, 0.1) is 0 Å². The highest BCUT2D eigenvalue weighted by molar-refractivity contribution is 6.20. The fourth-order valence-electron chi connectivity index (χ4n) is 11.5. The summed E-state index contributed by atoms with van der Waals surface area (Å²) >= 11 is 0. The normalized spacial score (nSPS) is 12.2. The van der Waals surface area contributed by atoms with Gasteiger partial charge in [0.15, 0.2) is 0 Å². The average molecular weight is 835 g/mol. The van der Waals surface area contributed by atoms with Crippen LogP contribution in [0.1, 0.15) is 0 Å². The first-order valence-electron chi connectivity index (χ1n) is 22.9. The largest absolute Gasteiger partial charge is 0.309 e. The van der Waals surface area contributed by atoms with Crippen LogP contribution in [0.5, 0.6) is 0 Å². The van der Waals surface area contributed by atoms with Gasteiger partial charge in [-0.1, -0.05) is 152 Å². The minimum atomic E-state index is 1.16. The Hall–Kier alpha value is -8.72. The summed E-state index contributed by atoms with van der Waals surface area (Å²) in [5, 5.41) is 15.1. The van der Waals surface area contributed by atoms with E-state index in [4.69, 9.17) is 0 Å². The van der Waals surface area contributed by atoms with Crippen LogP contribution in [-0.2, 0) is 0 Å². The van der Waals surface area contributed by atoms with Crippen LogP contribution in [0.2, 0.25) is 0 Å². The van der Waals surface area contributed by atoms with Crippen molar-refractivity contribution in [3.05, 3.63) is 231 Å². The number of para-hydroxylation sites is 1. The Morgan fingerprint density at radius 2 is 0.788 bits per heavy atom. The maximum Gasteiger partial charge on any atom is 0.0619 e. The van der Waals surface area contributed by atoms with Crippen molar-refractivity contribution in [1.29, 1.82) is 0 Å². The molecular formula is C64H38N2. The van der Waals surface area contributed by atoms with E-state index in [-0.39, 0.29) is 0 Å². The van der Waals surface area contributed by atoms with Crippen LogP contribution in [0.25, 0.3) is 143 Å². The second kappa shape index (κ2) is 13.4. The Bertz CT molecular complexity index is 4390. The summed E-state index contributed by atoms with van der Waals surface area (Å²) in [6, 6.07) is 85.9. The molecule has 14 aromatic rings. The van der Waals surface area contributed by atoms with Gasteiger partial charge in [-0.15, -0.1) is 0 Å². The van der Waals surface area contributed by atoms with Crippen LogP contribution in [0.15, 0.2) is 231 Å². The Kier molecular flexibility index (Phi) is 7.25. The molecule has 2 nitrogen and oxygen atoms in total. The predicted molar refractivity (Wildman–Crippen MR) is 280 cm³/mol. The van der Waals surface area contributed by atoms with E-state index in [1.54, 1.807) is 0 Å². The zero-order valence-corrected chi connectivity index (χ0v) is 35.8. The first-order valence-corrected chi connectivity index (χ1v) is 22.9. The molecule has 0 spiro atoms. The molecule has 0 saturated carbocycles. The van der Waals surface area contributed by atoms with E-state index >= 15 is 0 Å². The third-order valence-corrected chi connectivity index (χ3v) is 14.5. The molecule has 304 valence electrons. The first kappa shape index (κ1) is 35.7. The maximum atomic E-state index is 2.49. The number of hydrogen-bond acceptors (Lipinski definition) is 0. The summed E-state index contributed by atoms with van der Waals surface area (Å²) in [5.74, 6) is 0. The molecule has 0 bridgehead atoms. The lowest BCUT2D eigenvalue weighted by Gasteiger charge is -2.13. The van der Waals surface area contributed by atoms with Crippen molar-refractivity contribution in [2.45, 2.75) is 0 Å². The number of rotatable bonds is 4. The monoisotopic (exact) mass is 834 g/mol. The topological polar surface area (TPSA) is 9.86 Å².